The van der Waals surface area contributed by atoms with Crippen molar-refractivity contribution in [1.29, 1.82) is 0 Å². The van der Waals surface area contributed by atoms with Crippen molar-refractivity contribution in [3.05, 3.63) is 0 Å². The number of carbonyl (C=O) groups is 1. The molecule has 0 bridgehead atoms. The SMILES string of the molecule is CC.CN1CCN(C2CC[B]CC2CC=O)CC1. The van der Waals surface area contributed by atoms with Crippen molar-refractivity contribution in [2.75, 3.05) is 33.2 Å². The lowest BCUT2D eigenvalue weighted by atomic mass is 9.58. The number of nitrogens with zero attached hydrogens (tertiary/aromatic N) is 2. The Morgan fingerprint density at radius 2 is 1.89 bits per heavy atom. The van der Waals surface area contributed by atoms with Gasteiger partial charge < -0.3 is 9.69 Å². The predicted molar refractivity (Wildman–Crippen MR) is 78.4 cm³/mol. The minimum atomic E-state index is 0.578. The maximum atomic E-state index is 10.7. The second-order valence-corrected chi connectivity index (χ2v) is 5.17. The summed E-state index contributed by atoms with van der Waals surface area (Å²) in [7, 11) is 4.55. The topological polar surface area (TPSA) is 23.6 Å². The molecule has 3 nitrogen and oxygen atoms in total. The summed E-state index contributed by atoms with van der Waals surface area (Å²) in [6.07, 6.45) is 5.46. The van der Waals surface area contributed by atoms with E-state index in [1.165, 1.54) is 38.9 Å². The summed E-state index contributed by atoms with van der Waals surface area (Å²) in [5.41, 5.74) is 0. The number of hydrogen-bond donors (Lipinski definition) is 0. The second-order valence-electron chi connectivity index (χ2n) is 5.17. The quantitative estimate of drug-likeness (QED) is 0.564. The van der Waals surface area contributed by atoms with Crippen LogP contribution >= 0.6 is 0 Å². The van der Waals surface area contributed by atoms with Crippen molar-refractivity contribution in [2.45, 2.75) is 45.4 Å². The van der Waals surface area contributed by atoms with E-state index in [1.807, 2.05) is 13.8 Å². The Bertz CT molecular complexity index is 230. The lowest BCUT2D eigenvalue weighted by molar-refractivity contribution is -0.109. The Labute approximate surface area is 113 Å². The summed E-state index contributed by atoms with van der Waals surface area (Å²) >= 11 is 0. The Morgan fingerprint density at radius 1 is 1.22 bits per heavy atom. The normalized spacial score (nSPS) is 29.9. The van der Waals surface area contributed by atoms with E-state index in [0.717, 1.165) is 19.0 Å². The highest BCUT2D eigenvalue weighted by molar-refractivity contribution is 6.35. The van der Waals surface area contributed by atoms with Gasteiger partial charge in [0.25, 0.3) is 0 Å². The van der Waals surface area contributed by atoms with Gasteiger partial charge in [-0.2, -0.15) is 0 Å². The van der Waals surface area contributed by atoms with Gasteiger partial charge in [-0.3, -0.25) is 4.90 Å². The van der Waals surface area contributed by atoms with Crippen molar-refractivity contribution < 1.29 is 4.79 Å². The molecule has 18 heavy (non-hydrogen) atoms. The largest absolute Gasteiger partial charge is 0.304 e. The van der Waals surface area contributed by atoms with Crippen molar-refractivity contribution in [3.63, 3.8) is 0 Å². The first-order chi connectivity index (χ1) is 8.81. The van der Waals surface area contributed by atoms with E-state index in [-0.39, 0.29) is 0 Å². The van der Waals surface area contributed by atoms with Crippen LogP contribution in [0, 0.1) is 5.92 Å². The maximum absolute atomic E-state index is 10.7. The molecule has 0 N–H and O–H groups in total. The highest BCUT2D eigenvalue weighted by atomic mass is 16.1. The summed E-state index contributed by atoms with van der Waals surface area (Å²) in [6, 6.07) is 0.656. The molecule has 2 saturated heterocycles. The van der Waals surface area contributed by atoms with Crippen LogP contribution < -0.4 is 0 Å². The van der Waals surface area contributed by atoms with Crippen molar-refractivity contribution in [2.24, 2.45) is 5.92 Å². The van der Waals surface area contributed by atoms with E-state index in [1.54, 1.807) is 0 Å². The van der Waals surface area contributed by atoms with Gasteiger partial charge in [0, 0.05) is 38.6 Å². The van der Waals surface area contributed by atoms with Crippen LogP contribution in [-0.4, -0.2) is 62.6 Å². The van der Waals surface area contributed by atoms with Gasteiger partial charge in [-0.1, -0.05) is 26.5 Å². The molecule has 0 amide bonds. The molecule has 0 aliphatic carbocycles. The molecule has 0 spiro atoms. The molecule has 2 atom stereocenters. The third-order valence-electron chi connectivity index (χ3n) is 4.09. The fraction of sp³-hybridized carbons (Fsp3) is 0.929. The molecule has 4 heteroatoms. The predicted octanol–water partition coefficient (Wildman–Crippen LogP) is 1.78. The smallest absolute Gasteiger partial charge is 0.120 e. The highest BCUT2D eigenvalue weighted by Gasteiger charge is 2.31. The number of hydrogen-bond acceptors (Lipinski definition) is 3. The van der Waals surface area contributed by atoms with E-state index in [2.05, 4.69) is 24.1 Å². The van der Waals surface area contributed by atoms with Crippen LogP contribution in [0.3, 0.4) is 0 Å². The molecular weight excluding hydrogens is 223 g/mol. The lowest BCUT2D eigenvalue weighted by Crippen LogP contribution is -2.52. The van der Waals surface area contributed by atoms with Crippen LogP contribution in [0.1, 0.15) is 26.7 Å². The average molecular weight is 251 g/mol. The zero-order valence-electron chi connectivity index (χ0n) is 12.3. The minimum absolute atomic E-state index is 0.578. The highest BCUT2D eigenvalue weighted by Crippen LogP contribution is 2.28. The fourth-order valence-electron chi connectivity index (χ4n) is 3.02. The molecule has 0 aromatic carbocycles. The Kier molecular flexibility index (Phi) is 7.60. The van der Waals surface area contributed by atoms with Crippen LogP contribution in [-0.2, 0) is 4.79 Å². The third kappa shape index (κ3) is 4.40. The van der Waals surface area contributed by atoms with Crippen LogP contribution in [0.4, 0.5) is 0 Å². The number of piperazine rings is 1. The molecule has 2 heterocycles. The molecule has 1 radical (unpaired) electrons. The summed E-state index contributed by atoms with van der Waals surface area (Å²) in [4.78, 5) is 15.7. The van der Waals surface area contributed by atoms with Crippen molar-refractivity contribution in [3.8, 4) is 0 Å². The van der Waals surface area contributed by atoms with Gasteiger partial charge in [0.05, 0.1) is 0 Å². The molecule has 103 valence electrons. The molecule has 0 aromatic rings. The number of rotatable bonds is 3. The van der Waals surface area contributed by atoms with E-state index >= 15 is 0 Å². The van der Waals surface area contributed by atoms with Gasteiger partial charge in [0.2, 0.25) is 0 Å². The Balaban J connectivity index is 0.000000771. The van der Waals surface area contributed by atoms with Crippen LogP contribution in [0.15, 0.2) is 0 Å². The van der Waals surface area contributed by atoms with Gasteiger partial charge in [0.15, 0.2) is 0 Å². The molecular formula is C14H28BN2O. The fourth-order valence-corrected chi connectivity index (χ4v) is 3.02. The van der Waals surface area contributed by atoms with Gasteiger partial charge in [-0.15, -0.1) is 0 Å². The second kappa shape index (κ2) is 8.70. The van der Waals surface area contributed by atoms with E-state index in [0.29, 0.717) is 12.0 Å². The maximum Gasteiger partial charge on any atom is 0.120 e. The first-order valence-corrected chi connectivity index (χ1v) is 7.49. The Morgan fingerprint density at radius 3 is 2.50 bits per heavy atom. The van der Waals surface area contributed by atoms with Crippen molar-refractivity contribution in [1.82, 2.24) is 9.80 Å². The van der Waals surface area contributed by atoms with Gasteiger partial charge in [-0.25, -0.2) is 0 Å². The number of aldehydes is 1. The molecule has 2 unspecified atom stereocenters. The first kappa shape index (κ1) is 15.7. The number of carbonyl (C=O) groups excluding carboxylic acids is 1. The average Bonchev–Trinajstić information content (AvgIpc) is 2.43. The van der Waals surface area contributed by atoms with Crippen molar-refractivity contribution >= 4 is 13.6 Å². The molecule has 0 saturated carbocycles. The number of likely N-dealkylation sites (N-methyl/N-ethyl adjacent to an activating group) is 1. The lowest BCUT2D eigenvalue weighted by Gasteiger charge is -2.43. The van der Waals surface area contributed by atoms with Crippen LogP contribution in [0.5, 0.6) is 0 Å². The molecule has 2 aliphatic rings. The standard InChI is InChI=1S/C12H22BN2O.C2H6/c1-14-5-7-15(8-6-14)12-2-4-13-10-11(12)3-9-16;1-2/h9,11-12H,2-8,10H2,1H3;1-2H3. The summed E-state index contributed by atoms with van der Waals surface area (Å²) in [6.45, 7) is 8.70. The first-order valence-electron chi connectivity index (χ1n) is 7.49. The zero-order valence-corrected chi connectivity index (χ0v) is 12.3. The molecule has 2 aliphatic heterocycles. The molecule has 0 aromatic heterocycles. The summed E-state index contributed by atoms with van der Waals surface area (Å²) < 4.78 is 0. The minimum Gasteiger partial charge on any atom is -0.304 e. The Hall–Kier alpha value is -0.345. The van der Waals surface area contributed by atoms with Crippen LogP contribution in [0.2, 0.25) is 12.6 Å². The van der Waals surface area contributed by atoms with Gasteiger partial charge >= 0.3 is 0 Å². The van der Waals surface area contributed by atoms with Gasteiger partial charge in [-0.05, 0) is 19.4 Å². The van der Waals surface area contributed by atoms with Gasteiger partial charge in [0.1, 0.15) is 13.6 Å². The van der Waals surface area contributed by atoms with Crippen LogP contribution in [0.25, 0.3) is 0 Å². The molecule has 2 rings (SSSR count). The van der Waals surface area contributed by atoms with E-state index in [4.69, 9.17) is 0 Å². The summed E-state index contributed by atoms with van der Waals surface area (Å²) in [5, 5.41) is 0. The zero-order chi connectivity index (χ0) is 13.4. The molecule has 2 fully saturated rings. The van der Waals surface area contributed by atoms with E-state index in [9.17, 15) is 4.79 Å². The van der Waals surface area contributed by atoms with E-state index < -0.39 is 0 Å². The monoisotopic (exact) mass is 251 g/mol. The third-order valence-corrected chi connectivity index (χ3v) is 4.09. The summed E-state index contributed by atoms with van der Waals surface area (Å²) in [5.74, 6) is 0.578.